The quantitative estimate of drug-likeness (QED) is 0.626. The smallest absolute Gasteiger partial charge is 0.251 e. The molecule has 0 unspecified atom stereocenters. The van der Waals surface area contributed by atoms with E-state index in [9.17, 15) is 9.59 Å². The third kappa shape index (κ3) is 6.52. The monoisotopic (exact) mass is 395 g/mol. The minimum Gasteiger partial charge on any atom is -0.494 e. The Kier molecular flexibility index (Phi) is 7.50. The molecule has 1 aliphatic rings. The molecule has 2 aromatic rings. The third-order valence-corrected chi connectivity index (χ3v) is 4.95. The number of hydrogen-bond acceptors (Lipinski definition) is 4. The van der Waals surface area contributed by atoms with Crippen LogP contribution in [0, 0.1) is 0 Å². The molecule has 3 rings (SSSR count). The topological polar surface area (TPSA) is 79.5 Å². The van der Waals surface area contributed by atoms with E-state index in [2.05, 4.69) is 16.0 Å². The van der Waals surface area contributed by atoms with Gasteiger partial charge in [-0.25, -0.2) is 0 Å². The van der Waals surface area contributed by atoms with E-state index in [-0.39, 0.29) is 24.4 Å². The summed E-state index contributed by atoms with van der Waals surface area (Å²) in [4.78, 5) is 24.7. The van der Waals surface area contributed by atoms with Crippen LogP contribution in [-0.4, -0.2) is 31.0 Å². The molecule has 6 nitrogen and oxygen atoms in total. The number of rotatable bonds is 8. The summed E-state index contributed by atoms with van der Waals surface area (Å²) in [5.74, 6) is 0.489. The maximum absolute atomic E-state index is 12.5. The molecule has 1 fully saturated rings. The van der Waals surface area contributed by atoms with Crippen LogP contribution < -0.4 is 20.7 Å². The first-order chi connectivity index (χ1) is 14.1. The van der Waals surface area contributed by atoms with E-state index in [1.165, 1.54) is 19.3 Å². The maximum Gasteiger partial charge on any atom is 0.251 e. The maximum atomic E-state index is 12.5. The second kappa shape index (κ2) is 10.5. The summed E-state index contributed by atoms with van der Waals surface area (Å²) in [5, 5.41) is 9.04. The van der Waals surface area contributed by atoms with E-state index < -0.39 is 0 Å². The molecular weight excluding hydrogens is 366 g/mol. The van der Waals surface area contributed by atoms with Crippen LogP contribution in [0.4, 0.5) is 11.4 Å². The van der Waals surface area contributed by atoms with Crippen molar-refractivity contribution in [1.82, 2.24) is 5.32 Å². The number of hydrogen-bond donors (Lipinski definition) is 3. The molecule has 0 aromatic heterocycles. The van der Waals surface area contributed by atoms with Gasteiger partial charge in [-0.1, -0.05) is 31.4 Å². The van der Waals surface area contributed by atoms with Crippen molar-refractivity contribution >= 4 is 23.2 Å². The molecule has 0 heterocycles. The van der Waals surface area contributed by atoms with Crippen LogP contribution in [0.5, 0.6) is 5.75 Å². The first-order valence-electron chi connectivity index (χ1n) is 10.3. The van der Waals surface area contributed by atoms with Crippen LogP contribution in [0.2, 0.25) is 0 Å². The Morgan fingerprint density at radius 3 is 2.55 bits per heavy atom. The van der Waals surface area contributed by atoms with E-state index >= 15 is 0 Å². The molecule has 3 N–H and O–H groups in total. The average molecular weight is 396 g/mol. The lowest BCUT2D eigenvalue weighted by Gasteiger charge is -2.22. The summed E-state index contributed by atoms with van der Waals surface area (Å²) in [6, 6.07) is 14.8. The lowest BCUT2D eigenvalue weighted by molar-refractivity contribution is -0.114. The molecule has 1 saturated carbocycles. The van der Waals surface area contributed by atoms with Gasteiger partial charge in [-0.05, 0) is 50.1 Å². The Bertz CT molecular complexity index is 832. The van der Waals surface area contributed by atoms with E-state index in [1.807, 2.05) is 37.3 Å². The fraction of sp³-hybridized carbons (Fsp3) is 0.391. The summed E-state index contributed by atoms with van der Waals surface area (Å²) >= 11 is 0. The van der Waals surface area contributed by atoms with Gasteiger partial charge in [0.05, 0.1) is 13.2 Å². The van der Waals surface area contributed by atoms with Gasteiger partial charge in [-0.3, -0.25) is 9.59 Å². The highest BCUT2D eigenvalue weighted by atomic mass is 16.5. The fourth-order valence-corrected chi connectivity index (χ4v) is 3.50. The number of anilines is 2. The van der Waals surface area contributed by atoms with Crippen LogP contribution in [0.15, 0.2) is 48.5 Å². The van der Waals surface area contributed by atoms with Crippen LogP contribution >= 0.6 is 0 Å². The number of carbonyl (C=O) groups excluding carboxylic acids is 2. The minimum atomic E-state index is -0.171. The second-order valence-corrected chi connectivity index (χ2v) is 7.25. The zero-order chi connectivity index (χ0) is 20.5. The zero-order valence-electron chi connectivity index (χ0n) is 16.9. The molecule has 0 bridgehead atoms. The van der Waals surface area contributed by atoms with Gasteiger partial charge in [-0.2, -0.15) is 0 Å². The fourth-order valence-electron chi connectivity index (χ4n) is 3.50. The Morgan fingerprint density at radius 1 is 1.00 bits per heavy atom. The Hall–Kier alpha value is -3.02. The number of benzene rings is 2. The van der Waals surface area contributed by atoms with Gasteiger partial charge < -0.3 is 20.7 Å². The minimum absolute atomic E-state index is 0.0576. The number of ether oxygens (including phenoxy) is 1. The molecule has 0 saturated heterocycles. The van der Waals surface area contributed by atoms with Crippen LogP contribution in [0.25, 0.3) is 0 Å². The van der Waals surface area contributed by atoms with Gasteiger partial charge in [0.1, 0.15) is 5.75 Å². The van der Waals surface area contributed by atoms with Crippen molar-refractivity contribution in [3.8, 4) is 5.75 Å². The van der Waals surface area contributed by atoms with Crippen molar-refractivity contribution in [2.75, 3.05) is 23.8 Å². The summed E-state index contributed by atoms with van der Waals surface area (Å²) in [5.41, 5.74) is 2.02. The van der Waals surface area contributed by atoms with Crippen LogP contribution in [0.1, 0.15) is 49.4 Å². The van der Waals surface area contributed by atoms with Crippen molar-refractivity contribution in [2.24, 2.45) is 0 Å². The lowest BCUT2D eigenvalue weighted by atomic mass is 9.95. The molecule has 2 amide bonds. The number of nitrogens with one attached hydrogen (secondary N) is 3. The molecule has 29 heavy (non-hydrogen) atoms. The molecule has 0 radical (unpaired) electrons. The highest BCUT2D eigenvalue weighted by Gasteiger charge is 2.16. The molecule has 6 heteroatoms. The van der Waals surface area contributed by atoms with Gasteiger partial charge in [0.15, 0.2) is 0 Å². The zero-order valence-corrected chi connectivity index (χ0v) is 16.9. The van der Waals surface area contributed by atoms with E-state index in [0.717, 1.165) is 24.3 Å². The highest BCUT2D eigenvalue weighted by Crippen LogP contribution is 2.19. The number of amides is 2. The highest BCUT2D eigenvalue weighted by molar-refractivity contribution is 5.96. The van der Waals surface area contributed by atoms with Crippen molar-refractivity contribution in [2.45, 2.75) is 45.1 Å². The van der Waals surface area contributed by atoms with Crippen molar-refractivity contribution < 1.29 is 14.3 Å². The Balaban J connectivity index is 1.51. The van der Waals surface area contributed by atoms with E-state index in [0.29, 0.717) is 17.9 Å². The molecule has 2 aromatic carbocycles. The number of carbonyl (C=O) groups is 2. The SMILES string of the molecule is CCOc1cccc(NC(=O)CNc2cccc(C(=O)NC3CCCCC3)c2)c1. The van der Waals surface area contributed by atoms with E-state index in [1.54, 1.807) is 18.2 Å². The van der Waals surface area contributed by atoms with Crippen molar-refractivity contribution in [3.05, 3.63) is 54.1 Å². The molecule has 0 spiro atoms. The van der Waals surface area contributed by atoms with Crippen molar-refractivity contribution in [3.63, 3.8) is 0 Å². The summed E-state index contributed by atoms with van der Waals surface area (Å²) in [6.07, 6.45) is 5.71. The molecular formula is C23H29N3O3. The van der Waals surface area contributed by atoms with Gasteiger partial charge in [0, 0.05) is 29.0 Å². The van der Waals surface area contributed by atoms with Gasteiger partial charge in [0.2, 0.25) is 5.91 Å². The first kappa shape index (κ1) is 20.7. The van der Waals surface area contributed by atoms with Crippen molar-refractivity contribution in [1.29, 1.82) is 0 Å². The average Bonchev–Trinajstić information content (AvgIpc) is 2.74. The summed E-state index contributed by atoms with van der Waals surface area (Å²) in [6.45, 7) is 2.59. The Labute approximate surface area is 172 Å². The standard InChI is InChI=1S/C23H29N3O3/c1-2-29-21-13-7-12-20(15-21)25-22(27)16-24-19-11-6-8-17(14-19)23(28)26-18-9-4-3-5-10-18/h6-8,11-15,18,24H,2-5,9-10,16H2,1H3,(H,25,27)(H,26,28). The summed E-state index contributed by atoms with van der Waals surface area (Å²) < 4.78 is 5.44. The van der Waals surface area contributed by atoms with Crippen LogP contribution in [-0.2, 0) is 4.79 Å². The third-order valence-electron chi connectivity index (χ3n) is 4.95. The Morgan fingerprint density at radius 2 is 1.76 bits per heavy atom. The van der Waals surface area contributed by atoms with Gasteiger partial charge in [-0.15, -0.1) is 0 Å². The second-order valence-electron chi connectivity index (χ2n) is 7.25. The molecule has 0 atom stereocenters. The van der Waals surface area contributed by atoms with Gasteiger partial charge in [0.25, 0.3) is 5.91 Å². The normalized spacial score (nSPS) is 14.1. The van der Waals surface area contributed by atoms with Gasteiger partial charge >= 0.3 is 0 Å². The first-order valence-corrected chi connectivity index (χ1v) is 10.3. The predicted molar refractivity (Wildman–Crippen MR) is 116 cm³/mol. The largest absolute Gasteiger partial charge is 0.494 e. The molecule has 0 aliphatic heterocycles. The van der Waals surface area contributed by atoms with E-state index in [4.69, 9.17) is 4.74 Å². The van der Waals surface area contributed by atoms with Crippen LogP contribution in [0.3, 0.4) is 0 Å². The molecule has 154 valence electrons. The molecule has 1 aliphatic carbocycles. The summed E-state index contributed by atoms with van der Waals surface area (Å²) in [7, 11) is 0. The lowest BCUT2D eigenvalue weighted by Crippen LogP contribution is -2.36. The predicted octanol–water partition coefficient (Wildman–Crippen LogP) is 4.20.